The van der Waals surface area contributed by atoms with E-state index in [1.54, 1.807) is 14.2 Å². The number of hydrogen-bond donors (Lipinski definition) is 0. The first-order chi connectivity index (χ1) is 16.0. The fraction of sp³-hybridized carbons (Fsp3) is 0.519. The molecular formula is C27H36N2O4. The van der Waals surface area contributed by atoms with E-state index in [-0.39, 0.29) is 18.6 Å². The number of methoxy groups -OCH3 is 2. The molecule has 0 aliphatic carbocycles. The second kappa shape index (κ2) is 10.6. The Hall–Kier alpha value is -2.57. The molecule has 0 bridgehead atoms. The minimum Gasteiger partial charge on any atom is -0.497 e. The average molecular weight is 453 g/mol. The second-order valence-electron chi connectivity index (χ2n) is 9.42. The molecule has 2 saturated heterocycles. The van der Waals surface area contributed by atoms with Crippen molar-refractivity contribution >= 4 is 5.91 Å². The molecule has 0 unspecified atom stereocenters. The number of piperidine rings is 1. The van der Waals surface area contributed by atoms with Crippen molar-refractivity contribution in [1.82, 2.24) is 9.80 Å². The lowest BCUT2D eigenvalue weighted by molar-refractivity contribution is -0.137. The standard InChI is InChI=1S/C27H36N2O4/c1-19(2)33-22-10-8-21(9-11-22)24-16-29(15-20-6-5-7-23(14-20)32-4)26-12-13-28(17-25(24)26)27(30)18-31-3/h5-11,14,19,24-26H,12-13,15-18H2,1-4H3/t24-,25-,26-/m1/s1. The molecule has 6 heteroatoms. The topological polar surface area (TPSA) is 51.2 Å². The summed E-state index contributed by atoms with van der Waals surface area (Å²) in [5.74, 6) is 2.63. The van der Waals surface area contributed by atoms with Crippen LogP contribution in [0.4, 0.5) is 0 Å². The van der Waals surface area contributed by atoms with Gasteiger partial charge in [-0.15, -0.1) is 0 Å². The number of hydrogen-bond acceptors (Lipinski definition) is 5. The number of carbonyl (C=O) groups excluding carboxylic acids is 1. The summed E-state index contributed by atoms with van der Waals surface area (Å²) in [6, 6.07) is 17.3. The third kappa shape index (κ3) is 5.50. The molecule has 3 atom stereocenters. The minimum absolute atomic E-state index is 0.0848. The number of amides is 1. The summed E-state index contributed by atoms with van der Waals surface area (Å²) in [7, 11) is 3.29. The van der Waals surface area contributed by atoms with Crippen molar-refractivity contribution in [2.45, 2.75) is 44.9 Å². The van der Waals surface area contributed by atoms with Gasteiger partial charge in [0.1, 0.15) is 18.1 Å². The van der Waals surface area contributed by atoms with Gasteiger partial charge in [0.05, 0.1) is 13.2 Å². The van der Waals surface area contributed by atoms with Gasteiger partial charge in [0.2, 0.25) is 5.91 Å². The zero-order chi connectivity index (χ0) is 23.4. The highest BCUT2D eigenvalue weighted by molar-refractivity contribution is 5.77. The van der Waals surface area contributed by atoms with E-state index >= 15 is 0 Å². The molecule has 33 heavy (non-hydrogen) atoms. The molecule has 2 aliphatic heterocycles. The number of carbonyl (C=O) groups is 1. The molecule has 2 aromatic carbocycles. The molecule has 6 nitrogen and oxygen atoms in total. The summed E-state index contributed by atoms with van der Waals surface area (Å²) in [5.41, 5.74) is 2.57. The molecule has 2 aromatic rings. The van der Waals surface area contributed by atoms with Gasteiger partial charge < -0.3 is 19.1 Å². The number of rotatable bonds is 8. The lowest BCUT2D eigenvalue weighted by Gasteiger charge is -2.39. The summed E-state index contributed by atoms with van der Waals surface area (Å²) in [5, 5.41) is 0. The number of likely N-dealkylation sites (tertiary alicyclic amines) is 2. The summed E-state index contributed by atoms with van der Waals surface area (Å²) < 4.78 is 16.4. The lowest BCUT2D eigenvalue weighted by Crippen LogP contribution is -2.49. The van der Waals surface area contributed by atoms with Crippen molar-refractivity contribution in [2.75, 3.05) is 40.5 Å². The highest BCUT2D eigenvalue weighted by atomic mass is 16.5. The van der Waals surface area contributed by atoms with Gasteiger partial charge in [-0.25, -0.2) is 0 Å². The maximum atomic E-state index is 12.6. The van der Waals surface area contributed by atoms with Crippen LogP contribution < -0.4 is 9.47 Å². The molecule has 4 rings (SSSR count). The van der Waals surface area contributed by atoms with Gasteiger partial charge in [0, 0.05) is 51.2 Å². The predicted octanol–water partition coefficient (Wildman–Crippen LogP) is 3.95. The minimum atomic E-state index is 0.0848. The van der Waals surface area contributed by atoms with Gasteiger partial charge in [-0.05, 0) is 55.7 Å². The fourth-order valence-corrected chi connectivity index (χ4v) is 5.39. The molecule has 0 aromatic heterocycles. The van der Waals surface area contributed by atoms with Crippen LogP contribution in [0.2, 0.25) is 0 Å². The van der Waals surface area contributed by atoms with Crippen molar-refractivity contribution in [3.8, 4) is 11.5 Å². The molecule has 178 valence electrons. The van der Waals surface area contributed by atoms with Crippen molar-refractivity contribution in [2.24, 2.45) is 5.92 Å². The number of nitrogens with zero attached hydrogens (tertiary/aromatic N) is 2. The van der Waals surface area contributed by atoms with E-state index in [0.29, 0.717) is 17.9 Å². The van der Waals surface area contributed by atoms with Crippen molar-refractivity contribution in [3.05, 3.63) is 59.7 Å². The highest BCUT2D eigenvalue weighted by Gasteiger charge is 2.45. The van der Waals surface area contributed by atoms with E-state index in [1.807, 2.05) is 24.8 Å². The van der Waals surface area contributed by atoms with Gasteiger partial charge in [-0.3, -0.25) is 9.69 Å². The van der Waals surface area contributed by atoms with Gasteiger partial charge in [-0.2, -0.15) is 0 Å². The summed E-state index contributed by atoms with van der Waals surface area (Å²) in [6.07, 6.45) is 1.14. The SMILES string of the molecule is COCC(=O)N1CC[C@@H]2[C@H](C1)[C@@H](c1ccc(OC(C)C)cc1)CN2Cc1cccc(OC)c1. The third-order valence-electron chi connectivity index (χ3n) is 6.86. The Morgan fingerprint density at radius 2 is 1.85 bits per heavy atom. The van der Waals surface area contributed by atoms with Crippen LogP contribution in [0.3, 0.4) is 0 Å². The summed E-state index contributed by atoms with van der Waals surface area (Å²) in [6.45, 7) is 7.65. The molecule has 0 spiro atoms. The van der Waals surface area contributed by atoms with Crippen LogP contribution in [0, 0.1) is 5.92 Å². The lowest BCUT2D eigenvalue weighted by atomic mass is 9.81. The van der Waals surface area contributed by atoms with Gasteiger partial charge in [0.25, 0.3) is 0 Å². The van der Waals surface area contributed by atoms with Crippen LogP contribution in [-0.4, -0.2) is 68.3 Å². The molecule has 2 fully saturated rings. The van der Waals surface area contributed by atoms with Crippen molar-refractivity contribution in [3.63, 3.8) is 0 Å². The molecule has 0 saturated carbocycles. The van der Waals surface area contributed by atoms with Crippen LogP contribution >= 0.6 is 0 Å². The van der Waals surface area contributed by atoms with Crippen LogP contribution in [0.15, 0.2) is 48.5 Å². The van der Waals surface area contributed by atoms with E-state index in [0.717, 1.165) is 44.1 Å². The van der Waals surface area contributed by atoms with E-state index in [9.17, 15) is 4.79 Å². The van der Waals surface area contributed by atoms with Crippen LogP contribution in [0.25, 0.3) is 0 Å². The van der Waals surface area contributed by atoms with E-state index in [2.05, 4.69) is 47.4 Å². The Labute approximate surface area is 197 Å². The smallest absolute Gasteiger partial charge is 0.248 e. The van der Waals surface area contributed by atoms with Gasteiger partial charge in [0.15, 0.2) is 0 Å². The van der Waals surface area contributed by atoms with E-state index in [1.165, 1.54) is 11.1 Å². The molecule has 1 amide bonds. The highest BCUT2D eigenvalue weighted by Crippen LogP contribution is 2.42. The van der Waals surface area contributed by atoms with Crippen molar-refractivity contribution in [1.29, 1.82) is 0 Å². The summed E-state index contributed by atoms with van der Waals surface area (Å²) >= 11 is 0. The molecule has 0 N–H and O–H groups in total. The zero-order valence-electron chi connectivity index (χ0n) is 20.2. The van der Waals surface area contributed by atoms with Crippen LogP contribution in [0.1, 0.15) is 37.3 Å². The number of fused-ring (bicyclic) bond motifs is 1. The zero-order valence-corrected chi connectivity index (χ0v) is 20.2. The normalized spacial score (nSPS) is 22.9. The number of ether oxygens (including phenoxy) is 3. The van der Waals surface area contributed by atoms with E-state index < -0.39 is 0 Å². The maximum Gasteiger partial charge on any atom is 0.248 e. The number of benzene rings is 2. The predicted molar refractivity (Wildman–Crippen MR) is 129 cm³/mol. The Kier molecular flexibility index (Phi) is 7.56. The summed E-state index contributed by atoms with van der Waals surface area (Å²) in [4.78, 5) is 17.2. The molecule has 2 heterocycles. The Balaban J connectivity index is 1.56. The Morgan fingerprint density at radius 1 is 1.06 bits per heavy atom. The first-order valence-corrected chi connectivity index (χ1v) is 11.9. The first-order valence-electron chi connectivity index (χ1n) is 11.9. The van der Waals surface area contributed by atoms with Gasteiger partial charge >= 0.3 is 0 Å². The van der Waals surface area contributed by atoms with E-state index in [4.69, 9.17) is 14.2 Å². The third-order valence-corrected chi connectivity index (χ3v) is 6.86. The second-order valence-corrected chi connectivity index (χ2v) is 9.42. The molecule has 0 radical (unpaired) electrons. The molecule has 2 aliphatic rings. The van der Waals surface area contributed by atoms with Gasteiger partial charge in [-0.1, -0.05) is 24.3 Å². The Morgan fingerprint density at radius 3 is 2.55 bits per heavy atom. The monoisotopic (exact) mass is 452 g/mol. The van der Waals surface area contributed by atoms with Crippen LogP contribution in [-0.2, 0) is 16.1 Å². The quantitative estimate of drug-likeness (QED) is 0.607. The largest absolute Gasteiger partial charge is 0.497 e. The van der Waals surface area contributed by atoms with Crippen molar-refractivity contribution < 1.29 is 19.0 Å². The first kappa shape index (κ1) is 23.6. The molecular weight excluding hydrogens is 416 g/mol. The van der Waals surface area contributed by atoms with Crippen LogP contribution in [0.5, 0.6) is 11.5 Å². The maximum absolute atomic E-state index is 12.6. The Bertz CT molecular complexity index is 930. The fourth-order valence-electron chi connectivity index (χ4n) is 5.39. The average Bonchev–Trinajstić information content (AvgIpc) is 3.17.